The average Bonchev–Trinajstić information content (AvgIpc) is 2.49. The van der Waals surface area contributed by atoms with E-state index in [2.05, 4.69) is 43.0 Å². The van der Waals surface area contributed by atoms with Gasteiger partial charge in [-0.15, -0.1) is 0 Å². The molecule has 2 atom stereocenters. The number of carboxylic acid groups (broad SMARTS) is 1. The van der Waals surface area contributed by atoms with Crippen LogP contribution in [-0.4, -0.2) is 29.1 Å². The van der Waals surface area contributed by atoms with E-state index in [0.717, 1.165) is 25.8 Å². The van der Waals surface area contributed by atoms with E-state index >= 15 is 0 Å². The molecule has 1 fully saturated rings. The monoisotopic (exact) mass is 289 g/mol. The molecule has 0 bridgehead atoms. The lowest BCUT2D eigenvalue weighted by atomic mass is 9.92. The molecule has 0 aromatic heterocycles. The summed E-state index contributed by atoms with van der Waals surface area (Å²) in [4.78, 5) is 13.7. The van der Waals surface area contributed by atoms with Crippen LogP contribution < -0.4 is 0 Å². The standard InChI is InChI=1S/C18H27NO2/c1-3-4-7-17(15-10-8-14(2)9-11-15)19-12-5-6-16(13-19)18(20)21/h8-11,16-17H,3-7,12-13H2,1-2H3,(H,20,21). The van der Waals surface area contributed by atoms with Crippen molar-refractivity contribution in [3.63, 3.8) is 0 Å². The van der Waals surface area contributed by atoms with Crippen LogP contribution in [0.3, 0.4) is 0 Å². The molecule has 1 aliphatic rings. The molecule has 1 aliphatic heterocycles. The Morgan fingerprint density at radius 1 is 1.38 bits per heavy atom. The number of carbonyl (C=O) groups is 1. The summed E-state index contributed by atoms with van der Waals surface area (Å²) < 4.78 is 0. The first-order valence-corrected chi connectivity index (χ1v) is 8.15. The van der Waals surface area contributed by atoms with E-state index in [4.69, 9.17) is 0 Å². The number of piperidine rings is 1. The quantitative estimate of drug-likeness (QED) is 0.859. The van der Waals surface area contributed by atoms with Crippen molar-refractivity contribution < 1.29 is 9.90 Å². The number of benzene rings is 1. The molecule has 21 heavy (non-hydrogen) atoms. The van der Waals surface area contributed by atoms with E-state index < -0.39 is 5.97 Å². The summed E-state index contributed by atoms with van der Waals surface area (Å²) in [6.45, 7) is 6.03. The number of hydrogen-bond acceptors (Lipinski definition) is 2. The Labute approximate surface area is 128 Å². The lowest BCUT2D eigenvalue weighted by Gasteiger charge is -2.37. The molecule has 1 aromatic carbocycles. The zero-order valence-corrected chi connectivity index (χ0v) is 13.2. The van der Waals surface area contributed by atoms with E-state index in [9.17, 15) is 9.90 Å². The van der Waals surface area contributed by atoms with Crippen molar-refractivity contribution in [2.24, 2.45) is 5.92 Å². The number of unbranched alkanes of at least 4 members (excludes halogenated alkanes) is 1. The highest BCUT2D eigenvalue weighted by atomic mass is 16.4. The van der Waals surface area contributed by atoms with Crippen LogP contribution in [0.4, 0.5) is 0 Å². The molecule has 0 amide bonds. The van der Waals surface area contributed by atoms with E-state index in [1.54, 1.807) is 0 Å². The van der Waals surface area contributed by atoms with Crippen LogP contribution in [0.5, 0.6) is 0 Å². The van der Waals surface area contributed by atoms with Gasteiger partial charge in [-0.2, -0.15) is 0 Å². The molecule has 0 spiro atoms. The van der Waals surface area contributed by atoms with E-state index in [-0.39, 0.29) is 5.92 Å². The van der Waals surface area contributed by atoms with Crippen LogP contribution in [0.1, 0.15) is 56.2 Å². The van der Waals surface area contributed by atoms with Crippen molar-refractivity contribution >= 4 is 5.97 Å². The highest BCUT2D eigenvalue weighted by molar-refractivity contribution is 5.70. The van der Waals surface area contributed by atoms with Crippen molar-refractivity contribution in [2.45, 2.75) is 52.0 Å². The Morgan fingerprint density at radius 3 is 2.71 bits per heavy atom. The molecule has 0 radical (unpaired) electrons. The second-order valence-corrected chi connectivity index (χ2v) is 6.24. The van der Waals surface area contributed by atoms with Crippen LogP contribution in [-0.2, 0) is 4.79 Å². The second kappa shape index (κ2) is 7.60. The SMILES string of the molecule is CCCCC(c1ccc(C)cc1)N1CCCC(C(=O)O)C1. The summed E-state index contributed by atoms with van der Waals surface area (Å²) in [6, 6.07) is 9.10. The molecule has 2 unspecified atom stereocenters. The predicted octanol–water partition coefficient (Wildman–Crippen LogP) is 4.02. The largest absolute Gasteiger partial charge is 0.481 e. The van der Waals surface area contributed by atoms with Gasteiger partial charge in [-0.3, -0.25) is 9.69 Å². The van der Waals surface area contributed by atoms with Crippen molar-refractivity contribution in [2.75, 3.05) is 13.1 Å². The van der Waals surface area contributed by atoms with Crippen LogP contribution >= 0.6 is 0 Å². The molecule has 0 aliphatic carbocycles. The average molecular weight is 289 g/mol. The molecule has 3 heteroatoms. The Hall–Kier alpha value is -1.35. The molecule has 1 aromatic rings. The molecular weight excluding hydrogens is 262 g/mol. The number of carboxylic acids is 1. The summed E-state index contributed by atoms with van der Waals surface area (Å²) in [5, 5.41) is 9.29. The normalized spacial score (nSPS) is 21.1. The molecule has 116 valence electrons. The topological polar surface area (TPSA) is 40.5 Å². The third-order valence-corrected chi connectivity index (χ3v) is 4.54. The fourth-order valence-electron chi connectivity index (χ4n) is 3.24. The van der Waals surface area contributed by atoms with E-state index in [1.165, 1.54) is 24.0 Å². The van der Waals surface area contributed by atoms with Gasteiger partial charge in [0.15, 0.2) is 0 Å². The molecular formula is C18H27NO2. The van der Waals surface area contributed by atoms with Crippen molar-refractivity contribution in [3.8, 4) is 0 Å². The maximum absolute atomic E-state index is 11.3. The zero-order chi connectivity index (χ0) is 15.2. The predicted molar refractivity (Wildman–Crippen MR) is 85.4 cm³/mol. The van der Waals surface area contributed by atoms with Crippen LogP contribution in [0, 0.1) is 12.8 Å². The Bertz CT molecular complexity index is 455. The summed E-state index contributed by atoms with van der Waals surface area (Å²) in [5.41, 5.74) is 2.61. The van der Waals surface area contributed by atoms with Gasteiger partial charge in [0.05, 0.1) is 5.92 Å². The minimum absolute atomic E-state index is 0.201. The number of hydrogen-bond donors (Lipinski definition) is 1. The van der Waals surface area contributed by atoms with Gasteiger partial charge >= 0.3 is 5.97 Å². The number of aryl methyl sites for hydroxylation is 1. The number of likely N-dealkylation sites (tertiary alicyclic amines) is 1. The van der Waals surface area contributed by atoms with Crippen molar-refractivity contribution in [1.29, 1.82) is 0 Å². The maximum Gasteiger partial charge on any atom is 0.307 e. The molecule has 0 saturated carbocycles. The fraction of sp³-hybridized carbons (Fsp3) is 0.611. The summed E-state index contributed by atoms with van der Waals surface area (Å²) in [5.74, 6) is -0.842. The van der Waals surface area contributed by atoms with Gasteiger partial charge in [0, 0.05) is 12.6 Å². The highest BCUT2D eigenvalue weighted by Gasteiger charge is 2.29. The molecule has 1 heterocycles. The zero-order valence-electron chi connectivity index (χ0n) is 13.2. The lowest BCUT2D eigenvalue weighted by molar-refractivity contribution is -0.144. The van der Waals surface area contributed by atoms with Gasteiger partial charge in [-0.25, -0.2) is 0 Å². The Kier molecular flexibility index (Phi) is 5.80. The first kappa shape index (κ1) is 16.0. The Morgan fingerprint density at radius 2 is 2.10 bits per heavy atom. The molecule has 1 N–H and O–H groups in total. The fourth-order valence-corrected chi connectivity index (χ4v) is 3.24. The second-order valence-electron chi connectivity index (χ2n) is 6.24. The van der Waals surface area contributed by atoms with Gasteiger partial charge < -0.3 is 5.11 Å². The van der Waals surface area contributed by atoms with E-state index in [0.29, 0.717) is 12.6 Å². The minimum Gasteiger partial charge on any atom is -0.481 e. The van der Waals surface area contributed by atoms with Crippen LogP contribution in [0.2, 0.25) is 0 Å². The third kappa shape index (κ3) is 4.31. The molecule has 2 rings (SSSR count). The van der Waals surface area contributed by atoms with Crippen LogP contribution in [0.25, 0.3) is 0 Å². The molecule has 1 saturated heterocycles. The first-order valence-electron chi connectivity index (χ1n) is 8.15. The maximum atomic E-state index is 11.3. The van der Waals surface area contributed by atoms with Gasteiger partial charge in [0.25, 0.3) is 0 Å². The van der Waals surface area contributed by atoms with Gasteiger partial charge in [-0.1, -0.05) is 49.6 Å². The van der Waals surface area contributed by atoms with Crippen molar-refractivity contribution in [1.82, 2.24) is 4.90 Å². The van der Waals surface area contributed by atoms with Crippen LogP contribution in [0.15, 0.2) is 24.3 Å². The summed E-state index contributed by atoms with van der Waals surface area (Å²) >= 11 is 0. The molecule has 3 nitrogen and oxygen atoms in total. The number of rotatable bonds is 6. The Balaban J connectivity index is 2.14. The lowest BCUT2D eigenvalue weighted by Crippen LogP contribution is -2.40. The summed E-state index contributed by atoms with van der Waals surface area (Å²) in [6.07, 6.45) is 5.29. The van der Waals surface area contributed by atoms with Gasteiger partial charge in [0.2, 0.25) is 0 Å². The van der Waals surface area contributed by atoms with Gasteiger partial charge in [0.1, 0.15) is 0 Å². The van der Waals surface area contributed by atoms with Gasteiger partial charge in [-0.05, 0) is 38.3 Å². The summed E-state index contributed by atoms with van der Waals surface area (Å²) in [7, 11) is 0. The smallest absolute Gasteiger partial charge is 0.307 e. The number of nitrogens with zero attached hydrogens (tertiary/aromatic N) is 1. The van der Waals surface area contributed by atoms with Crippen molar-refractivity contribution in [3.05, 3.63) is 35.4 Å². The van der Waals surface area contributed by atoms with E-state index in [1.807, 2.05) is 0 Å². The first-order chi connectivity index (χ1) is 10.1. The third-order valence-electron chi connectivity index (χ3n) is 4.54. The highest BCUT2D eigenvalue weighted by Crippen LogP contribution is 2.31. The number of aliphatic carboxylic acids is 1. The minimum atomic E-state index is -0.641.